The van der Waals surface area contributed by atoms with E-state index in [2.05, 4.69) is 28.1 Å². The smallest absolute Gasteiger partial charge is 0.153 e. The lowest BCUT2D eigenvalue weighted by molar-refractivity contribution is 0.112. The van der Waals surface area contributed by atoms with Crippen LogP contribution in [0.4, 0.5) is 0 Å². The third-order valence-electron chi connectivity index (χ3n) is 3.69. The molecule has 120 valence electrons. The van der Waals surface area contributed by atoms with Crippen LogP contribution in [0.2, 0.25) is 0 Å². The van der Waals surface area contributed by atoms with Crippen molar-refractivity contribution in [2.45, 2.75) is 6.61 Å². The molecular formula is C20H15BrO3. The van der Waals surface area contributed by atoms with Gasteiger partial charge in [0.1, 0.15) is 18.1 Å². The number of rotatable bonds is 5. The molecule has 24 heavy (non-hydrogen) atoms. The number of aldehydes is 1. The van der Waals surface area contributed by atoms with Crippen LogP contribution in [0.3, 0.4) is 0 Å². The van der Waals surface area contributed by atoms with Crippen molar-refractivity contribution in [2.75, 3.05) is 0 Å². The molecule has 3 aromatic carbocycles. The molecule has 0 bridgehead atoms. The maximum atomic E-state index is 10.7. The zero-order valence-corrected chi connectivity index (χ0v) is 14.4. The summed E-state index contributed by atoms with van der Waals surface area (Å²) in [5.41, 5.74) is 3.46. The number of benzene rings is 3. The van der Waals surface area contributed by atoms with Gasteiger partial charge in [0.25, 0.3) is 0 Å². The number of phenols is 1. The van der Waals surface area contributed by atoms with E-state index in [0.29, 0.717) is 18.6 Å². The van der Waals surface area contributed by atoms with E-state index < -0.39 is 0 Å². The van der Waals surface area contributed by atoms with Crippen molar-refractivity contribution in [3.63, 3.8) is 0 Å². The molecule has 0 aromatic heterocycles. The molecule has 0 fully saturated rings. The number of aromatic hydroxyl groups is 1. The van der Waals surface area contributed by atoms with Gasteiger partial charge in [0.15, 0.2) is 6.29 Å². The Morgan fingerprint density at radius 1 is 1.00 bits per heavy atom. The first-order chi connectivity index (χ1) is 11.7. The molecule has 0 aliphatic carbocycles. The average molecular weight is 383 g/mol. The Labute approximate surface area is 148 Å². The summed E-state index contributed by atoms with van der Waals surface area (Å²) in [6.07, 6.45) is 0.610. The molecule has 3 aromatic rings. The van der Waals surface area contributed by atoms with E-state index in [1.54, 1.807) is 6.07 Å². The van der Waals surface area contributed by atoms with Gasteiger partial charge in [0.05, 0.1) is 5.56 Å². The lowest BCUT2D eigenvalue weighted by Crippen LogP contribution is -1.98. The molecule has 0 radical (unpaired) electrons. The first-order valence-electron chi connectivity index (χ1n) is 7.43. The van der Waals surface area contributed by atoms with Gasteiger partial charge in [-0.05, 0) is 39.2 Å². The summed E-state index contributed by atoms with van der Waals surface area (Å²) in [7, 11) is 0. The van der Waals surface area contributed by atoms with Crippen molar-refractivity contribution in [1.82, 2.24) is 0 Å². The van der Waals surface area contributed by atoms with Gasteiger partial charge < -0.3 is 9.84 Å². The molecule has 0 saturated carbocycles. The van der Waals surface area contributed by atoms with Crippen LogP contribution in [0, 0.1) is 0 Å². The zero-order valence-electron chi connectivity index (χ0n) is 12.8. The quantitative estimate of drug-likeness (QED) is 0.615. The summed E-state index contributed by atoms with van der Waals surface area (Å²) in [4.78, 5) is 10.7. The summed E-state index contributed by atoms with van der Waals surface area (Å²) in [5, 5.41) is 9.72. The number of ether oxygens (including phenoxy) is 1. The van der Waals surface area contributed by atoms with Crippen molar-refractivity contribution in [3.8, 4) is 22.6 Å². The molecule has 0 aliphatic heterocycles. The van der Waals surface area contributed by atoms with Crippen LogP contribution < -0.4 is 4.74 Å². The van der Waals surface area contributed by atoms with Crippen LogP contribution >= 0.6 is 15.9 Å². The number of hydrogen-bond donors (Lipinski definition) is 1. The molecule has 0 spiro atoms. The molecule has 0 aliphatic rings. The predicted octanol–water partition coefficient (Wildman–Crippen LogP) is 5.21. The topological polar surface area (TPSA) is 46.5 Å². The maximum absolute atomic E-state index is 10.7. The number of halogens is 1. The monoisotopic (exact) mass is 382 g/mol. The molecule has 3 rings (SSSR count). The Balaban J connectivity index is 1.81. The average Bonchev–Trinajstić information content (AvgIpc) is 2.62. The van der Waals surface area contributed by atoms with Gasteiger partial charge in [-0.3, -0.25) is 4.79 Å². The van der Waals surface area contributed by atoms with Crippen molar-refractivity contribution in [2.24, 2.45) is 0 Å². The fourth-order valence-electron chi connectivity index (χ4n) is 2.41. The Bertz CT molecular complexity index is 860. The normalized spacial score (nSPS) is 10.4. The number of hydrogen-bond acceptors (Lipinski definition) is 3. The van der Waals surface area contributed by atoms with Crippen molar-refractivity contribution in [1.29, 1.82) is 0 Å². The third kappa shape index (κ3) is 3.49. The second kappa shape index (κ2) is 7.32. The van der Waals surface area contributed by atoms with Crippen LogP contribution in [0.1, 0.15) is 15.9 Å². The lowest BCUT2D eigenvalue weighted by atomic mass is 10.0. The molecule has 0 saturated heterocycles. The van der Waals surface area contributed by atoms with Gasteiger partial charge in [-0.1, -0.05) is 48.5 Å². The minimum absolute atomic E-state index is 0.0837. The fourth-order valence-corrected chi connectivity index (χ4v) is 3.01. The summed E-state index contributed by atoms with van der Waals surface area (Å²) in [6, 6.07) is 20.8. The summed E-state index contributed by atoms with van der Waals surface area (Å²) >= 11 is 3.65. The second-order valence-corrected chi connectivity index (χ2v) is 6.06. The molecule has 1 N–H and O–H groups in total. The molecule has 0 unspecified atom stereocenters. The van der Waals surface area contributed by atoms with Crippen molar-refractivity contribution < 1.29 is 14.6 Å². The fraction of sp³-hybridized carbons (Fsp3) is 0.0500. The van der Waals surface area contributed by atoms with Gasteiger partial charge in [-0.25, -0.2) is 0 Å². The highest BCUT2D eigenvalue weighted by atomic mass is 79.9. The molecule has 0 atom stereocenters. The van der Waals surface area contributed by atoms with Crippen LogP contribution in [-0.4, -0.2) is 11.4 Å². The van der Waals surface area contributed by atoms with Crippen molar-refractivity contribution in [3.05, 3.63) is 82.3 Å². The maximum Gasteiger partial charge on any atom is 0.153 e. The SMILES string of the molecule is O=Cc1ccc(OCc2cccc(-c3ccccc3)c2Br)cc1O. The Kier molecular flexibility index (Phi) is 4.96. The van der Waals surface area contributed by atoms with Gasteiger partial charge in [-0.2, -0.15) is 0 Å². The van der Waals surface area contributed by atoms with E-state index in [1.165, 1.54) is 12.1 Å². The lowest BCUT2D eigenvalue weighted by Gasteiger charge is -2.12. The van der Waals surface area contributed by atoms with Crippen molar-refractivity contribution >= 4 is 22.2 Å². The highest BCUT2D eigenvalue weighted by Gasteiger charge is 2.09. The van der Waals surface area contributed by atoms with E-state index in [-0.39, 0.29) is 11.3 Å². The predicted molar refractivity (Wildman–Crippen MR) is 97.4 cm³/mol. The van der Waals surface area contributed by atoms with Gasteiger partial charge in [0.2, 0.25) is 0 Å². The summed E-state index contributed by atoms with van der Waals surface area (Å²) in [6.45, 7) is 0.348. The highest BCUT2D eigenvalue weighted by molar-refractivity contribution is 9.10. The standard InChI is InChI=1S/C20H15BrO3/c21-20-16(7-4-8-18(20)14-5-2-1-3-6-14)13-24-17-10-9-15(12-22)19(23)11-17/h1-12,23H,13H2. The zero-order chi connectivity index (χ0) is 16.9. The van der Waals surface area contributed by atoms with E-state index >= 15 is 0 Å². The molecule has 0 heterocycles. The van der Waals surface area contributed by atoms with Gasteiger partial charge >= 0.3 is 0 Å². The van der Waals surface area contributed by atoms with Crippen LogP contribution in [0.25, 0.3) is 11.1 Å². The summed E-state index contributed by atoms with van der Waals surface area (Å²) in [5.74, 6) is 0.426. The summed E-state index contributed by atoms with van der Waals surface area (Å²) < 4.78 is 6.71. The van der Waals surface area contributed by atoms with E-state index in [9.17, 15) is 9.90 Å². The third-order valence-corrected chi connectivity index (χ3v) is 4.62. The number of carbonyl (C=O) groups is 1. The largest absolute Gasteiger partial charge is 0.507 e. The molecular weight excluding hydrogens is 368 g/mol. The van der Waals surface area contributed by atoms with E-state index in [4.69, 9.17) is 4.74 Å². The highest BCUT2D eigenvalue weighted by Crippen LogP contribution is 2.32. The minimum Gasteiger partial charge on any atom is -0.507 e. The van der Waals surface area contributed by atoms with Crippen LogP contribution in [0.5, 0.6) is 11.5 Å². The number of carbonyl (C=O) groups excluding carboxylic acids is 1. The number of phenolic OH excluding ortho intramolecular Hbond substituents is 1. The van der Waals surface area contributed by atoms with Gasteiger partial charge in [0, 0.05) is 16.1 Å². The first-order valence-corrected chi connectivity index (χ1v) is 8.22. The van der Waals surface area contributed by atoms with Crippen LogP contribution in [0.15, 0.2) is 71.2 Å². The minimum atomic E-state index is -0.0837. The van der Waals surface area contributed by atoms with E-state index in [1.807, 2.05) is 36.4 Å². The van der Waals surface area contributed by atoms with E-state index in [0.717, 1.165) is 21.2 Å². The molecule has 3 nitrogen and oxygen atoms in total. The van der Waals surface area contributed by atoms with Gasteiger partial charge in [-0.15, -0.1) is 0 Å². The molecule has 4 heteroatoms. The Morgan fingerprint density at radius 3 is 2.50 bits per heavy atom. The molecule has 0 amide bonds. The second-order valence-electron chi connectivity index (χ2n) is 5.27. The first kappa shape index (κ1) is 16.3. The Morgan fingerprint density at radius 2 is 1.79 bits per heavy atom. The Hall–Kier alpha value is -2.59. The van der Waals surface area contributed by atoms with Crippen LogP contribution in [-0.2, 0) is 6.61 Å².